The lowest BCUT2D eigenvalue weighted by molar-refractivity contribution is 0.226. The highest BCUT2D eigenvalue weighted by atomic mass is 79.9. The maximum Gasteiger partial charge on any atom is 0.101 e. The van der Waals surface area contributed by atoms with Gasteiger partial charge in [-0.25, -0.2) is 0 Å². The van der Waals surface area contributed by atoms with Crippen molar-refractivity contribution in [1.82, 2.24) is 0 Å². The summed E-state index contributed by atoms with van der Waals surface area (Å²) in [5.41, 5.74) is 1.41. The van der Waals surface area contributed by atoms with Gasteiger partial charge < -0.3 is 10.4 Å². The highest BCUT2D eigenvalue weighted by Gasteiger charge is 2.12. The zero-order valence-corrected chi connectivity index (χ0v) is 11.0. The van der Waals surface area contributed by atoms with Gasteiger partial charge in [0.2, 0.25) is 0 Å². The molecule has 0 fully saturated rings. The highest BCUT2D eigenvalue weighted by Crippen LogP contribution is 2.22. The monoisotopic (exact) mass is 282 g/mol. The molecule has 0 aliphatic heterocycles. The molecule has 0 aliphatic rings. The molecular weight excluding hydrogens is 268 g/mol. The molecule has 0 radical (unpaired) electrons. The number of halogens is 1. The minimum Gasteiger partial charge on any atom is -0.396 e. The van der Waals surface area contributed by atoms with E-state index in [0.29, 0.717) is 5.56 Å². The number of anilines is 1. The van der Waals surface area contributed by atoms with E-state index in [9.17, 15) is 0 Å². The number of nitrogens with one attached hydrogen (secondary N) is 1. The van der Waals surface area contributed by atoms with Gasteiger partial charge in [-0.2, -0.15) is 5.26 Å². The predicted molar refractivity (Wildman–Crippen MR) is 68.2 cm³/mol. The largest absolute Gasteiger partial charge is 0.396 e. The Morgan fingerprint density at radius 3 is 2.75 bits per heavy atom. The van der Waals surface area contributed by atoms with Crippen LogP contribution < -0.4 is 5.32 Å². The second-order valence-electron chi connectivity index (χ2n) is 3.89. The molecule has 0 aliphatic carbocycles. The minimum atomic E-state index is 0.117. The molecule has 0 amide bonds. The Bertz CT molecular complexity index is 400. The summed E-state index contributed by atoms with van der Waals surface area (Å²) in [5.74, 6) is 0.144. The lowest BCUT2D eigenvalue weighted by atomic mass is 10.0. The normalized spacial score (nSPS) is 13.9. The van der Waals surface area contributed by atoms with E-state index >= 15 is 0 Å². The number of nitriles is 1. The van der Waals surface area contributed by atoms with Crippen molar-refractivity contribution in [3.8, 4) is 6.07 Å². The molecule has 3 nitrogen and oxygen atoms in total. The average molecular weight is 283 g/mol. The van der Waals surface area contributed by atoms with Crippen molar-refractivity contribution >= 4 is 21.6 Å². The van der Waals surface area contributed by atoms with E-state index in [4.69, 9.17) is 10.4 Å². The molecule has 0 bridgehead atoms. The molecule has 2 atom stereocenters. The van der Waals surface area contributed by atoms with Crippen LogP contribution in [0.3, 0.4) is 0 Å². The molecule has 0 saturated carbocycles. The number of hydrogen-bond donors (Lipinski definition) is 2. The zero-order valence-electron chi connectivity index (χ0n) is 9.37. The number of hydrogen-bond acceptors (Lipinski definition) is 3. The van der Waals surface area contributed by atoms with Gasteiger partial charge in [-0.3, -0.25) is 0 Å². The van der Waals surface area contributed by atoms with E-state index in [-0.39, 0.29) is 18.6 Å². The number of aliphatic hydroxyl groups excluding tert-OH is 1. The first-order valence-corrected chi connectivity index (χ1v) is 5.94. The summed E-state index contributed by atoms with van der Waals surface area (Å²) in [6.45, 7) is 4.08. The maximum atomic E-state index is 9.05. The summed E-state index contributed by atoms with van der Waals surface area (Å²) < 4.78 is 0.929. The van der Waals surface area contributed by atoms with Gasteiger partial charge in [0, 0.05) is 17.1 Å². The third-order valence-corrected chi connectivity index (χ3v) is 3.12. The van der Waals surface area contributed by atoms with Crippen molar-refractivity contribution in [2.24, 2.45) is 5.92 Å². The van der Waals surface area contributed by atoms with E-state index in [1.165, 1.54) is 0 Å². The Kier molecular flexibility index (Phi) is 4.78. The third kappa shape index (κ3) is 3.22. The fourth-order valence-electron chi connectivity index (χ4n) is 1.28. The lowest BCUT2D eigenvalue weighted by Gasteiger charge is -2.21. The summed E-state index contributed by atoms with van der Waals surface area (Å²) in [7, 11) is 0. The molecule has 0 aromatic heterocycles. The fraction of sp³-hybridized carbons (Fsp3) is 0.417. The van der Waals surface area contributed by atoms with E-state index in [1.807, 2.05) is 26.0 Å². The third-order valence-electron chi connectivity index (χ3n) is 2.63. The van der Waals surface area contributed by atoms with Gasteiger partial charge in [0.1, 0.15) is 6.07 Å². The smallest absolute Gasteiger partial charge is 0.101 e. The molecule has 1 aromatic rings. The molecule has 2 N–H and O–H groups in total. The molecule has 0 saturated heterocycles. The maximum absolute atomic E-state index is 9.05. The second kappa shape index (κ2) is 5.88. The van der Waals surface area contributed by atoms with Crippen LogP contribution in [-0.4, -0.2) is 17.8 Å². The van der Waals surface area contributed by atoms with Crippen LogP contribution in [0, 0.1) is 17.2 Å². The van der Waals surface area contributed by atoms with Crippen LogP contribution in [0.4, 0.5) is 5.69 Å². The number of aliphatic hydroxyl groups is 1. The van der Waals surface area contributed by atoms with Gasteiger partial charge in [0.05, 0.1) is 11.3 Å². The summed E-state index contributed by atoms with van der Waals surface area (Å²) >= 11 is 3.37. The Morgan fingerprint density at radius 1 is 1.50 bits per heavy atom. The SMILES string of the molecule is CC(CO)C(C)Nc1cc(Br)ccc1C#N. The van der Waals surface area contributed by atoms with E-state index < -0.39 is 0 Å². The van der Waals surface area contributed by atoms with Crippen LogP contribution >= 0.6 is 15.9 Å². The Morgan fingerprint density at radius 2 is 2.19 bits per heavy atom. The van der Waals surface area contributed by atoms with Gasteiger partial charge in [-0.1, -0.05) is 22.9 Å². The molecule has 4 heteroatoms. The van der Waals surface area contributed by atoms with E-state index in [0.717, 1.165) is 10.2 Å². The van der Waals surface area contributed by atoms with E-state index in [2.05, 4.69) is 27.3 Å². The number of nitrogens with zero attached hydrogens (tertiary/aromatic N) is 1. The van der Waals surface area contributed by atoms with Crippen LogP contribution in [0.5, 0.6) is 0 Å². The van der Waals surface area contributed by atoms with Crippen LogP contribution in [0.15, 0.2) is 22.7 Å². The Hall–Kier alpha value is -1.05. The standard InChI is InChI=1S/C12H15BrN2O/c1-8(7-16)9(2)15-12-5-11(13)4-3-10(12)6-14/h3-5,8-9,15-16H,7H2,1-2H3. The summed E-state index contributed by atoms with van der Waals surface area (Å²) in [6.07, 6.45) is 0. The van der Waals surface area contributed by atoms with Gasteiger partial charge in [0.15, 0.2) is 0 Å². The molecule has 16 heavy (non-hydrogen) atoms. The molecule has 0 spiro atoms. The van der Waals surface area contributed by atoms with Crippen molar-refractivity contribution in [2.45, 2.75) is 19.9 Å². The van der Waals surface area contributed by atoms with Crippen LogP contribution in [0.1, 0.15) is 19.4 Å². The van der Waals surface area contributed by atoms with Gasteiger partial charge in [0.25, 0.3) is 0 Å². The van der Waals surface area contributed by atoms with Gasteiger partial charge in [-0.05, 0) is 31.0 Å². The van der Waals surface area contributed by atoms with Crippen molar-refractivity contribution in [1.29, 1.82) is 5.26 Å². The van der Waals surface area contributed by atoms with Crippen molar-refractivity contribution in [3.63, 3.8) is 0 Å². The number of benzene rings is 1. The predicted octanol–water partition coefficient (Wildman–Crippen LogP) is 2.75. The Balaban J connectivity index is 2.88. The van der Waals surface area contributed by atoms with Crippen LogP contribution in [0.25, 0.3) is 0 Å². The summed E-state index contributed by atoms with van der Waals surface area (Å²) in [5, 5.41) is 21.3. The molecule has 86 valence electrons. The van der Waals surface area contributed by atoms with Crippen LogP contribution in [0.2, 0.25) is 0 Å². The van der Waals surface area contributed by atoms with Gasteiger partial charge >= 0.3 is 0 Å². The van der Waals surface area contributed by atoms with Crippen molar-refractivity contribution in [2.75, 3.05) is 11.9 Å². The van der Waals surface area contributed by atoms with Crippen LogP contribution in [-0.2, 0) is 0 Å². The molecule has 1 rings (SSSR count). The van der Waals surface area contributed by atoms with E-state index in [1.54, 1.807) is 6.07 Å². The first-order chi connectivity index (χ1) is 7.58. The molecule has 0 heterocycles. The Labute approximate surface area is 104 Å². The summed E-state index contributed by atoms with van der Waals surface area (Å²) in [6, 6.07) is 7.73. The zero-order chi connectivity index (χ0) is 12.1. The lowest BCUT2D eigenvalue weighted by Crippen LogP contribution is -2.26. The highest BCUT2D eigenvalue weighted by molar-refractivity contribution is 9.10. The molecular formula is C12H15BrN2O. The quantitative estimate of drug-likeness (QED) is 0.893. The van der Waals surface area contributed by atoms with Crippen molar-refractivity contribution < 1.29 is 5.11 Å². The first-order valence-electron chi connectivity index (χ1n) is 5.15. The minimum absolute atomic E-state index is 0.117. The van der Waals surface area contributed by atoms with Crippen molar-refractivity contribution in [3.05, 3.63) is 28.2 Å². The number of rotatable bonds is 4. The average Bonchev–Trinajstić information content (AvgIpc) is 2.28. The molecule has 2 unspecified atom stereocenters. The molecule has 1 aromatic carbocycles. The fourth-order valence-corrected chi connectivity index (χ4v) is 1.64. The second-order valence-corrected chi connectivity index (χ2v) is 4.81. The first kappa shape index (κ1) is 13.0. The summed E-state index contributed by atoms with van der Waals surface area (Å²) in [4.78, 5) is 0. The topological polar surface area (TPSA) is 56.0 Å². The van der Waals surface area contributed by atoms with Gasteiger partial charge in [-0.15, -0.1) is 0 Å².